The van der Waals surface area contributed by atoms with Crippen LogP contribution in [0.2, 0.25) is 0 Å². The lowest BCUT2D eigenvalue weighted by Gasteiger charge is -2.46. The van der Waals surface area contributed by atoms with E-state index in [1.807, 2.05) is 30.3 Å². The van der Waals surface area contributed by atoms with Crippen molar-refractivity contribution in [2.75, 3.05) is 9.80 Å². The molecular formula is C124H135BN4. The highest BCUT2D eigenvalue weighted by Crippen LogP contribution is 2.59. The summed E-state index contributed by atoms with van der Waals surface area (Å²) in [6.07, 6.45) is 0. The van der Waals surface area contributed by atoms with Crippen molar-refractivity contribution in [2.24, 2.45) is 0 Å². The van der Waals surface area contributed by atoms with Crippen molar-refractivity contribution in [1.82, 2.24) is 9.13 Å². The molecule has 0 aliphatic carbocycles. The van der Waals surface area contributed by atoms with E-state index >= 15 is 0 Å². The van der Waals surface area contributed by atoms with Gasteiger partial charge in [-0.15, -0.1) is 0 Å². The second-order valence-electron chi connectivity index (χ2n) is 45.3. The summed E-state index contributed by atoms with van der Waals surface area (Å²) in [6.45, 7) is 52.7. The molecule has 2 aromatic heterocycles. The molecule has 14 aromatic carbocycles. The van der Waals surface area contributed by atoms with E-state index in [2.05, 4.69) is 47.6 Å². The fourth-order valence-corrected chi connectivity index (χ4v) is 17.8. The lowest BCUT2D eigenvalue weighted by molar-refractivity contribution is 0.568. The number of benzene rings is 14. The summed E-state index contributed by atoms with van der Waals surface area (Å²) in [5.74, 6) is 0. The van der Waals surface area contributed by atoms with E-state index in [9.17, 15) is 46.6 Å². The maximum atomic E-state index is 12.1. The Morgan fingerprint density at radius 1 is 0.233 bits per heavy atom. The normalized spacial score (nSPS) is 17.5. The van der Waals surface area contributed by atoms with Gasteiger partial charge in [-0.2, -0.15) is 0 Å². The average Bonchev–Trinajstić information content (AvgIpc) is 1.61. The second-order valence-corrected chi connectivity index (χ2v) is 45.3. The van der Waals surface area contributed by atoms with Crippen LogP contribution in [0.4, 0.5) is 34.1 Å². The fraction of sp³-hybridized carbons (Fsp3) is 0.323. The van der Waals surface area contributed by atoms with Crippen molar-refractivity contribution in [2.45, 2.75) is 262 Å². The van der Waals surface area contributed by atoms with Crippen LogP contribution in [0, 0.1) is 0 Å². The number of rotatable bonds is 9. The predicted octanol–water partition coefficient (Wildman–Crippen LogP) is 33.3. The van der Waals surface area contributed by atoms with Crippen LogP contribution in [-0.2, 0) is 54.1 Å². The molecule has 0 atom stereocenters. The van der Waals surface area contributed by atoms with Crippen molar-refractivity contribution < 1.29 is 46.6 Å². The summed E-state index contributed by atoms with van der Waals surface area (Å²) in [5.41, 5.74) is -16.5. The van der Waals surface area contributed by atoms with Crippen LogP contribution in [-0.4, -0.2) is 15.8 Å². The van der Waals surface area contributed by atoms with Crippen molar-refractivity contribution in [3.05, 3.63) is 328 Å². The highest BCUT2D eigenvalue weighted by molar-refractivity contribution is 7.00. The third-order valence-corrected chi connectivity index (χ3v) is 25.0. The molecule has 129 heavy (non-hydrogen) atoms. The molecule has 0 saturated heterocycles. The maximum Gasteiger partial charge on any atom is 0.252 e. The zero-order valence-electron chi connectivity index (χ0n) is 114. The van der Waals surface area contributed by atoms with Gasteiger partial charge >= 0.3 is 0 Å². The standard InChI is InChI=1S/C124H135BN4/c1-115(2,3)80-55-50-76(51-56-80)94-68-85(120(16,17)18)70-96(89-61-59-82(117(7,8)9)72-100(89)124(28,29)30)113(94)129-108-73-87(126-103-46-35-31-40-90(103)91-41-32-36-47-104(91)126)60-63-102(108)125-101-62-54-78(79-64-83(118(10,11)12)67-84(65-79)119(13,14)15)66-107(101)128(109-74-88(75-110(129)112(109)125)127-105-48-37-33-42-92(105)93-43-34-38-49-106(93)127)114-95(77-52-57-81(58-53-77)116(4,5)6)69-86(121(19,20)21)71-97(114)111-98(122(22,23)24)44-39-45-99(111)123(25,26)27/h31-75H,1-30H3/i31D,32D,33D,34D,35D,36D,37D,38D,39D,40D,41D,42D,43D,44D,45D,46D,47D,48D,49D,50D,51D,52D,53D,55D,56D,57D,58D,59D,61D,68D,69D,70D,71D,72D. The quantitative estimate of drug-likeness (QED) is 0.134. The molecule has 2 aliphatic heterocycles. The zero-order valence-corrected chi connectivity index (χ0v) is 80.2. The summed E-state index contributed by atoms with van der Waals surface area (Å²) in [5, 5.41) is -1.70. The Labute approximate surface area is 819 Å². The molecule has 4 nitrogen and oxygen atoms in total. The van der Waals surface area contributed by atoms with E-state index in [-0.39, 0.29) is 134 Å². The van der Waals surface area contributed by atoms with Crippen molar-refractivity contribution in [3.8, 4) is 67.0 Å². The summed E-state index contributed by atoms with van der Waals surface area (Å²) < 4.78 is 362. The largest absolute Gasteiger partial charge is 0.310 e. The molecule has 2 aliphatic rings. The molecule has 0 unspecified atom stereocenters. The van der Waals surface area contributed by atoms with Gasteiger partial charge in [-0.05, 0) is 238 Å². The van der Waals surface area contributed by atoms with Gasteiger partial charge in [0, 0.05) is 72.2 Å². The average molecular weight is 1730 g/mol. The highest BCUT2D eigenvalue weighted by Gasteiger charge is 2.48. The number of fused-ring (bicyclic) bond motifs is 10. The Balaban J connectivity index is 1.28. The minimum absolute atomic E-state index is 0.00470. The van der Waals surface area contributed by atoms with Gasteiger partial charge in [0.15, 0.2) is 0 Å². The molecular weight excluding hydrogens is 1560 g/mol. The fourth-order valence-electron chi connectivity index (χ4n) is 17.8. The first-order valence-corrected chi connectivity index (χ1v) is 44.7. The lowest BCUT2D eigenvalue weighted by Crippen LogP contribution is -2.61. The summed E-state index contributed by atoms with van der Waals surface area (Å²) in [7, 11) is 0. The van der Waals surface area contributed by atoms with E-state index in [1.165, 1.54) is 38.3 Å². The van der Waals surface area contributed by atoms with Crippen LogP contribution in [0.15, 0.2) is 272 Å². The lowest BCUT2D eigenvalue weighted by atomic mass is 9.33. The molecule has 16 aromatic rings. The number of hydrogen-bond acceptors (Lipinski definition) is 2. The summed E-state index contributed by atoms with van der Waals surface area (Å²) >= 11 is 0. The van der Waals surface area contributed by atoms with Gasteiger partial charge in [-0.1, -0.05) is 401 Å². The number of hydrogen-bond donors (Lipinski definition) is 0. The molecule has 654 valence electrons. The molecule has 4 heterocycles. The Kier molecular flexibility index (Phi) is 13.2. The first-order valence-electron chi connectivity index (χ1n) is 61.7. The Hall–Kier alpha value is -11.7. The molecule has 0 amide bonds. The van der Waals surface area contributed by atoms with Gasteiger partial charge < -0.3 is 18.9 Å². The molecule has 5 heteroatoms. The van der Waals surface area contributed by atoms with Gasteiger partial charge in [-0.3, -0.25) is 0 Å². The highest BCUT2D eigenvalue weighted by atomic mass is 15.2. The Morgan fingerprint density at radius 3 is 0.984 bits per heavy atom. The molecule has 0 spiro atoms. The first kappa shape index (κ1) is 56.0. The van der Waals surface area contributed by atoms with Gasteiger partial charge in [0.05, 0.1) is 85.7 Å². The van der Waals surface area contributed by atoms with Gasteiger partial charge in [0.25, 0.3) is 6.71 Å². The Bertz CT molecular complexity index is 9100. The van der Waals surface area contributed by atoms with Crippen molar-refractivity contribution >= 4 is 101 Å². The van der Waals surface area contributed by atoms with Crippen LogP contribution in [0.3, 0.4) is 0 Å². The molecule has 0 N–H and O–H groups in total. The number of anilines is 6. The van der Waals surface area contributed by atoms with E-state index in [1.54, 1.807) is 177 Å². The number of para-hydroxylation sites is 4. The van der Waals surface area contributed by atoms with Crippen LogP contribution in [0.1, 0.15) is 310 Å². The monoisotopic (exact) mass is 1730 g/mol. The van der Waals surface area contributed by atoms with E-state index in [4.69, 9.17) is 0 Å². The third-order valence-electron chi connectivity index (χ3n) is 25.0. The maximum absolute atomic E-state index is 12.1. The molecule has 0 bridgehead atoms. The Morgan fingerprint density at radius 2 is 0.581 bits per heavy atom. The van der Waals surface area contributed by atoms with Crippen LogP contribution in [0.25, 0.3) is 111 Å². The van der Waals surface area contributed by atoms with Gasteiger partial charge in [0.2, 0.25) is 0 Å². The van der Waals surface area contributed by atoms with Gasteiger partial charge in [-0.25, -0.2) is 0 Å². The number of aromatic nitrogens is 2. The molecule has 0 fully saturated rings. The van der Waals surface area contributed by atoms with E-state index < -0.39 is 327 Å². The second kappa shape index (κ2) is 30.5. The molecule has 0 radical (unpaired) electrons. The minimum atomic E-state index is -1.56. The van der Waals surface area contributed by atoms with Crippen LogP contribution < -0.4 is 26.2 Å². The predicted molar refractivity (Wildman–Crippen MR) is 563 cm³/mol. The first-order chi connectivity index (χ1) is 74.5. The minimum Gasteiger partial charge on any atom is -0.310 e. The molecule has 0 saturated carbocycles. The van der Waals surface area contributed by atoms with Crippen LogP contribution >= 0.6 is 0 Å². The van der Waals surface area contributed by atoms with Crippen LogP contribution in [0.5, 0.6) is 0 Å². The van der Waals surface area contributed by atoms with Crippen molar-refractivity contribution in [3.63, 3.8) is 0 Å². The number of nitrogens with zero attached hydrogens (tertiary/aromatic N) is 4. The van der Waals surface area contributed by atoms with E-state index in [0.717, 1.165) is 11.1 Å². The molecule has 18 rings (SSSR count). The smallest absolute Gasteiger partial charge is 0.252 e. The van der Waals surface area contributed by atoms with Crippen molar-refractivity contribution in [1.29, 1.82) is 0 Å². The van der Waals surface area contributed by atoms with Gasteiger partial charge in [0.1, 0.15) is 0 Å². The van der Waals surface area contributed by atoms with E-state index in [0.29, 0.717) is 11.1 Å². The summed E-state index contributed by atoms with van der Waals surface area (Å²) in [4.78, 5) is 3.15. The zero-order chi connectivity index (χ0) is 122. The third kappa shape index (κ3) is 15.5. The SMILES string of the molecule is [2H]c1c([2H])c(C(C)(C)C)c(-c2c([2H])c(C(C)(C)C)c([2H])c(-c3c([2H])c([2H])c(C(C)(C)C)c([2H])c3[2H])c2N2c3cc(-c4cc(C(C)(C)C)cc(C(C)(C)C)c4)ccc3B3c4ccc(-n5c6c([2H])c([2H])c([2H])c([2H])c6c6c([2H])c([2H])c([2H])c([2H])c65)cc4N(c4c(-c5c([2H])c([2H])c(C(C)(C)C)c([2H])c5[2H])c([2H])c(C(C)(C)C)c([2H])c4-c4c([2H])c([2H])c(C(C)(C)C)c([2H])c4C(C)(C)C)c4cc(-n5c6c([2H])c([2H])c([2H])c([2H])c6c6c([2H])c([2H])c([2H])c([2H])c65)cc2c43)c(C(C)(C)C)c1[2H]. The topological polar surface area (TPSA) is 16.3 Å². The summed E-state index contributed by atoms with van der Waals surface area (Å²) in [6, 6.07) is -4.28.